The molecule has 0 saturated carbocycles. The summed E-state index contributed by atoms with van der Waals surface area (Å²) < 4.78 is 2.85. The maximum atomic E-state index is 9.61. The number of thiol groups is 1. The van der Waals surface area contributed by atoms with E-state index in [1.54, 1.807) is 0 Å². The zero-order valence-electron chi connectivity index (χ0n) is 5.91. The summed E-state index contributed by atoms with van der Waals surface area (Å²) in [5.74, 6) is 0.309. The zero-order chi connectivity index (χ0) is 8.72. The third-order valence-electron chi connectivity index (χ3n) is 1.62. The van der Waals surface area contributed by atoms with E-state index in [0.29, 0.717) is 9.96 Å². The normalized spacial score (nSPS) is 10.8. The van der Waals surface area contributed by atoms with Crippen molar-refractivity contribution in [2.75, 3.05) is 0 Å². The molecule has 0 fully saturated rings. The largest absolute Gasteiger partial charge is 0.505 e. The average molecular weight is 308 g/mol. The lowest BCUT2D eigenvalue weighted by Crippen LogP contribution is -1.70. The highest BCUT2D eigenvalue weighted by Gasteiger charge is 2.09. The van der Waals surface area contributed by atoms with Gasteiger partial charge < -0.3 is 5.11 Å². The monoisotopic (exact) mass is 308 g/mol. The number of fused-ring (bicyclic) bond motifs is 1. The van der Waals surface area contributed by atoms with Crippen molar-refractivity contribution in [1.29, 1.82) is 0 Å². The molecule has 0 aliphatic rings. The van der Waals surface area contributed by atoms with Crippen LogP contribution < -0.4 is 0 Å². The molecular weight excluding hydrogens is 303 g/mol. The summed E-state index contributed by atoms with van der Waals surface area (Å²) in [6.45, 7) is 0. The molecule has 12 heavy (non-hydrogen) atoms. The van der Waals surface area contributed by atoms with Crippen LogP contribution in [0.15, 0.2) is 22.4 Å². The van der Waals surface area contributed by atoms with E-state index in [2.05, 4.69) is 35.2 Å². The van der Waals surface area contributed by atoms with Crippen molar-refractivity contribution in [2.45, 2.75) is 4.21 Å². The van der Waals surface area contributed by atoms with Crippen LogP contribution in [0.5, 0.6) is 5.75 Å². The van der Waals surface area contributed by atoms with E-state index >= 15 is 0 Å². The molecule has 0 spiro atoms. The van der Waals surface area contributed by atoms with Crippen LogP contribution in [0.1, 0.15) is 0 Å². The molecule has 2 rings (SSSR count). The van der Waals surface area contributed by atoms with Crippen LogP contribution in [0.4, 0.5) is 0 Å². The topological polar surface area (TPSA) is 20.2 Å². The molecule has 0 aliphatic carbocycles. The van der Waals surface area contributed by atoms with Crippen molar-refractivity contribution in [3.05, 3.63) is 21.8 Å². The molecule has 0 amide bonds. The zero-order valence-corrected chi connectivity index (χ0v) is 9.78. The fraction of sp³-hybridized carbons (Fsp3) is 0. The molecule has 1 aromatic heterocycles. The van der Waals surface area contributed by atoms with Gasteiger partial charge in [-0.05, 0) is 34.7 Å². The first-order valence-corrected chi connectivity index (χ1v) is 5.63. The van der Waals surface area contributed by atoms with Crippen LogP contribution in [-0.4, -0.2) is 5.11 Å². The maximum Gasteiger partial charge on any atom is 0.148 e. The second-order valence-corrected chi connectivity index (χ2v) is 5.33. The number of thiophene rings is 1. The van der Waals surface area contributed by atoms with Gasteiger partial charge in [0, 0.05) is 13.7 Å². The van der Waals surface area contributed by atoms with Gasteiger partial charge in [-0.25, -0.2) is 0 Å². The van der Waals surface area contributed by atoms with Crippen LogP contribution in [0.2, 0.25) is 0 Å². The number of hydrogen-bond acceptors (Lipinski definition) is 3. The van der Waals surface area contributed by atoms with Gasteiger partial charge in [0.15, 0.2) is 0 Å². The van der Waals surface area contributed by atoms with Gasteiger partial charge in [-0.3, -0.25) is 0 Å². The van der Waals surface area contributed by atoms with Gasteiger partial charge in [0.1, 0.15) is 5.75 Å². The van der Waals surface area contributed by atoms with Crippen molar-refractivity contribution >= 4 is 56.6 Å². The number of aromatic hydroxyl groups is 1. The summed E-state index contributed by atoms with van der Waals surface area (Å²) in [6, 6.07) is 5.94. The Hall–Kier alpha value is 0.0600. The van der Waals surface area contributed by atoms with Crippen molar-refractivity contribution < 1.29 is 5.11 Å². The van der Waals surface area contributed by atoms with Gasteiger partial charge in [-0.2, -0.15) is 0 Å². The third kappa shape index (κ3) is 1.22. The molecule has 0 atom stereocenters. The Labute approximate surface area is 93.0 Å². The van der Waals surface area contributed by atoms with Gasteiger partial charge in [-0.15, -0.1) is 24.0 Å². The van der Waals surface area contributed by atoms with E-state index < -0.39 is 0 Å². The van der Waals surface area contributed by atoms with Crippen molar-refractivity contribution in [3.63, 3.8) is 0 Å². The fourth-order valence-corrected chi connectivity index (χ4v) is 3.28. The Morgan fingerprint density at radius 2 is 2.17 bits per heavy atom. The Kier molecular flexibility index (Phi) is 2.22. The summed E-state index contributed by atoms with van der Waals surface area (Å²) in [7, 11) is 0. The molecule has 4 heteroatoms. The van der Waals surface area contributed by atoms with Crippen LogP contribution in [0.25, 0.3) is 10.1 Å². The average Bonchev–Trinajstić information content (AvgIpc) is 2.29. The minimum absolute atomic E-state index is 0.309. The molecule has 0 aliphatic heterocycles. The quantitative estimate of drug-likeness (QED) is 0.564. The molecular formula is C8H5IOS2. The number of halogens is 1. The van der Waals surface area contributed by atoms with E-state index in [1.807, 2.05) is 18.2 Å². The maximum absolute atomic E-state index is 9.61. The lowest BCUT2D eigenvalue weighted by molar-refractivity contribution is 0.473. The predicted molar refractivity (Wildman–Crippen MR) is 63.5 cm³/mol. The Balaban J connectivity index is 2.97. The highest BCUT2D eigenvalue weighted by atomic mass is 127. The van der Waals surface area contributed by atoms with Crippen molar-refractivity contribution in [3.8, 4) is 5.75 Å². The van der Waals surface area contributed by atoms with Gasteiger partial charge in [0.25, 0.3) is 0 Å². The molecule has 1 nitrogen and oxygen atoms in total. The fourth-order valence-electron chi connectivity index (χ4n) is 1.08. The molecule has 0 unspecified atom stereocenters. The second-order valence-electron chi connectivity index (χ2n) is 2.37. The highest BCUT2D eigenvalue weighted by Crippen LogP contribution is 2.41. The predicted octanol–water partition coefficient (Wildman–Crippen LogP) is 3.50. The Bertz CT molecular complexity index is 436. The minimum Gasteiger partial charge on any atom is -0.505 e. The first-order valence-electron chi connectivity index (χ1n) is 3.29. The Morgan fingerprint density at radius 1 is 1.42 bits per heavy atom. The smallest absolute Gasteiger partial charge is 0.148 e. The Morgan fingerprint density at radius 3 is 2.83 bits per heavy atom. The van der Waals surface area contributed by atoms with Crippen molar-refractivity contribution in [2.24, 2.45) is 0 Å². The van der Waals surface area contributed by atoms with Crippen LogP contribution in [0.3, 0.4) is 0 Å². The summed E-state index contributed by atoms with van der Waals surface area (Å²) in [5, 5.41) is 10.5. The van der Waals surface area contributed by atoms with Gasteiger partial charge >= 0.3 is 0 Å². The molecule has 1 N–H and O–H groups in total. The molecule has 0 radical (unpaired) electrons. The summed E-state index contributed by atoms with van der Waals surface area (Å²) in [6.07, 6.45) is 0. The molecule has 62 valence electrons. The van der Waals surface area contributed by atoms with Gasteiger partial charge in [0.2, 0.25) is 0 Å². The number of hydrogen-bond donors (Lipinski definition) is 2. The number of benzene rings is 1. The summed E-state index contributed by atoms with van der Waals surface area (Å²) in [4.78, 5) is 0. The van der Waals surface area contributed by atoms with E-state index in [0.717, 1.165) is 13.7 Å². The van der Waals surface area contributed by atoms with E-state index in [1.165, 1.54) is 11.3 Å². The standard InChI is InChI=1S/C8H5IOS2/c9-4-2-1-3-5-6(4)7(10)8(11)12-5/h1-3,10-11H. The van der Waals surface area contributed by atoms with Gasteiger partial charge in [-0.1, -0.05) is 6.07 Å². The summed E-state index contributed by atoms with van der Waals surface area (Å²) in [5.41, 5.74) is 0. The minimum atomic E-state index is 0.309. The SMILES string of the molecule is Oc1c(S)sc2cccc(I)c12. The van der Waals surface area contributed by atoms with Crippen molar-refractivity contribution in [1.82, 2.24) is 0 Å². The third-order valence-corrected chi connectivity index (χ3v) is 3.95. The van der Waals surface area contributed by atoms with Gasteiger partial charge in [0.05, 0.1) is 4.21 Å². The summed E-state index contributed by atoms with van der Waals surface area (Å²) >= 11 is 7.88. The molecule has 2 aromatic rings. The van der Waals surface area contributed by atoms with Crippen LogP contribution >= 0.6 is 46.6 Å². The van der Waals surface area contributed by atoms with E-state index in [-0.39, 0.29) is 0 Å². The first-order chi connectivity index (χ1) is 5.70. The highest BCUT2D eigenvalue weighted by molar-refractivity contribution is 14.1. The second kappa shape index (κ2) is 3.08. The van der Waals surface area contributed by atoms with Crippen LogP contribution in [-0.2, 0) is 0 Å². The molecule has 0 saturated heterocycles. The molecule has 0 bridgehead atoms. The first kappa shape index (κ1) is 8.65. The molecule has 1 aromatic carbocycles. The molecule has 1 heterocycles. The van der Waals surface area contributed by atoms with Crippen LogP contribution in [0, 0.1) is 3.57 Å². The van der Waals surface area contributed by atoms with E-state index in [4.69, 9.17) is 0 Å². The lowest BCUT2D eigenvalue weighted by Gasteiger charge is -1.93. The lowest BCUT2D eigenvalue weighted by atomic mass is 10.2. The van der Waals surface area contributed by atoms with E-state index in [9.17, 15) is 5.11 Å². The number of rotatable bonds is 0.